The van der Waals surface area contributed by atoms with Crippen LogP contribution in [0.3, 0.4) is 0 Å². The van der Waals surface area contributed by atoms with Crippen molar-refractivity contribution in [1.29, 1.82) is 0 Å². The molecule has 0 heterocycles. The van der Waals surface area contributed by atoms with E-state index in [4.69, 9.17) is 9.47 Å². The highest BCUT2D eigenvalue weighted by molar-refractivity contribution is 7.89. The molecule has 8 heteroatoms. The highest BCUT2D eigenvalue weighted by Crippen LogP contribution is 2.29. The van der Waals surface area contributed by atoms with E-state index in [1.807, 2.05) is 6.92 Å². The van der Waals surface area contributed by atoms with Gasteiger partial charge in [0, 0.05) is 19.8 Å². The molecule has 1 atom stereocenters. The molecule has 7 nitrogen and oxygen atoms in total. The highest BCUT2D eigenvalue weighted by Gasteiger charge is 2.24. The second-order valence-electron chi connectivity index (χ2n) is 5.01. The number of esters is 1. The van der Waals surface area contributed by atoms with Gasteiger partial charge in [-0.3, -0.25) is 0 Å². The van der Waals surface area contributed by atoms with E-state index in [-0.39, 0.29) is 10.6 Å². The average molecular weight is 344 g/mol. The monoisotopic (exact) mass is 344 g/mol. The fourth-order valence-electron chi connectivity index (χ4n) is 1.94. The average Bonchev–Trinajstić information content (AvgIpc) is 2.52. The number of benzene rings is 1. The number of hydrogen-bond acceptors (Lipinski definition) is 6. The summed E-state index contributed by atoms with van der Waals surface area (Å²) in [7, 11) is 0.550. The quantitative estimate of drug-likeness (QED) is 0.723. The van der Waals surface area contributed by atoms with Crippen molar-refractivity contribution in [3.05, 3.63) is 18.2 Å². The number of anilines is 1. The van der Waals surface area contributed by atoms with Crippen LogP contribution in [0.1, 0.15) is 20.3 Å². The van der Waals surface area contributed by atoms with E-state index in [1.165, 1.54) is 27.3 Å². The third-order valence-corrected chi connectivity index (χ3v) is 5.07. The van der Waals surface area contributed by atoms with Gasteiger partial charge >= 0.3 is 5.97 Å². The van der Waals surface area contributed by atoms with Gasteiger partial charge in [0.25, 0.3) is 0 Å². The number of carbonyl (C=O) groups excluding carboxylic acids is 1. The molecule has 0 spiro atoms. The maximum atomic E-state index is 12.5. The van der Waals surface area contributed by atoms with E-state index in [0.717, 1.165) is 4.31 Å². The molecule has 1 aromatic rings. The summed E-state index contributed by atoms with van der Waals surface area (Å²) >= 11 is 0. The van der Waals surface area contributed by atoms with Crippen molar-refractivity contribution in [1.82, 2.24) is 4.31 Å². The molecule has 0 aliphatic rings. The minimum absolute atomic E-state index is 0.0501. The molecule has 0 saturated heterocycles. The van der Waals surface area contributed by atoms with Gasteiger partial charge in [-0.05, 0) is 31.5 Å². The van der Waals surface area contributed by atoms with E-state index in [9.17, 15) is 13.2 Å². The van der Waals surface area contributed by atoms with Crippen molar-refractivity contribution in [3.8, 4) is 5.75 Å². The number of nitrogens with zero attached hydrogens (tertiary/aromatic N) is 1. The van der Waals surface area contributed by atoms with Crippen molar-refractivity contribution < 1.29 is 22.7 Å². The maximum absolute atomic E-state index is 12.5. The number of ether oxygens (including phenoxy) is 2. The molecule has 1 N–H and O–H groups in total. The molecular formula is C15H24N2O5S. The third-order valence-electron chi connectivity index (χ3n) is 3.24. The van der Waals surface area contributed by atoms with Gasteiger partial charge in [-0.25, -0.2) is 17.5 Å². The first kappa shape index (κ1) is 19.2. The normalized spacial score (nSPS) is 12.8. The summed E-state index contributed by atoms with van der Waals surface area (Å²) in [6, 6.07) is 4.16. The molecular weight excluding hydrogens is 320 g/mol. The zero-order valence-corrected chi connectivity index (χ0v) is 14.9. The van der Waals surface area contributed by atoms with Crippen LogP contribution < -0.4 is 10.1 Å². The van der Waals surface area contributed by atoms with Crippen molar-refractivity contribution in [3.63, 3.8) is 0 Å². The Morgan fingerprint density at radius 3 is 2.43 bits per heavy atom. The SMILES string of the molecule is CCOc1ccc(N[C@@H](CC)C(=O)OC)cc1S(=O)(=O)N(C)C. The molecule has 0 aliphatic heterocycles. The summed E-state index contributed by atoms with van der Waals surface area (Å²) in [6.07, 6.45) is 0.510. The molecule has 130 valence electrons. The Kier molecular flexibility index (Phi) is 6.83. The summed E-state index contributed by atoms with van der Waals surface area (Å²) in [5.41, 5.74) is 0.506. The molecule has 0 unspecified atom stereocenters. The maximum Gasteiger partial charge on any atom is 0.328 e. The van der Waals surface area contributed by atoms with Crippen molar-refractivity contribution >= 4 is 21.7 Å². The molecule has 0 amide bonds. The van der Waals surface area contributed by atoms with E-state index >= 15 is 0 Å². The Morgan fingerprint density at radius 1 is 1.30 bits per heavy atom. The molecule has 23 heavy (non-hydrogen) atoms. The topological polar surface area (TPSA) is 84.9 Å². The number of methoxy groups -OCH3 is 1. The fraction of sp³-hybridized carbons (Fsp3) is 0.533. The molecule has 0 radical (unpaired) electrons. The number of hydrogen-bond donors (Lipinski definition) is 1. The zero-order valence-electron chi connectivity index (χ0n) is 14.1. The first-order valence-corrected chi connectivity index (χ1v) is 8.75. The molecule has 0 fully saturated rings. The van der Waals surface area contributed by atoms with Gasteiger partial charge in [0.2, 0.25) is 10.0 Å². The van der Waals surface area contributed by atoms with Gasteiger partial charge in [0.1, 0.15) is 16.7 Å². The van der Waals surface area contributed by atoms with Crippen molar-refractivity contribution in [2.45, 2.75) is 31.2 Å². The highest BCUT2D eigenvalue weighted by atomic mass is 32.2. The van der Waals surface area contributed by atoms with Gasteiger partial charge in [-0.1, -0.05) is 6.92 Å². The largest absolute Gasteiger partial charge is 0.492 e. The summed E-state index contributed by atoms with van der Waals surface area (Å²) in [4.78, 5) is 11.7. The summed E-state index contributed by atoms with van der Waals surface area (Å²) in [5, 5.41) is 2.99. The predicted octanol–water partition coefficient (Wildman–Crippen LogP) is 1.70. The van der Waals surface area contributed by atoms with Gasteiger partial charge in [-0.15, -0.1) is 0 Å². The molecule has 1 aromatic carbocycles. The Bertz CT molecular complexity index is 643. The standard InChI is InChI=1S/C15H24N2O5S/c1-6-12(15(18)21-5)16-11-8-9-13(22-7-2)14(10-11)23(19,20)17(3)4/h8-10,12,16H,6-7H2,1-5H3/t12-/m0/s1. The Morgan fingerprint density at radius 2 is 1.96 bits per heavy atom. The Hall–Kier alpha value is -1.80. The van der Waals surface area contributed by atoms with E-state index in [2.05, 4.69) is 5.32 Å². The number of carbonyl (C=O) groups is 1. The number of rotatable bonds is 8. The molecule has 1 rings (SSSR count). The van der Waals surface area contributed by atoms with E-state index < -0.39 is 22.0 Å². The fourth-order valence-corrected chi connectivity index (χ4v) is 2.99. The van der Waals surface area contributed by atoms with Gasteiger partial charge in [-0.2, -0.15) is 0 Å². The first-order chi connectivity index (χ1) is 10.8. The van der Waals surface area contributed by atoms with Crippen LogP contribution in [0.5, 0.6) is 5.75 Å². The van der Waals surface area contributed by atoms with E-state index in [1.54, 1.807) is 19.1 Å². The lowest BCUT2D eigenvalue weighted by molar-refractivity contribution is -0.141. The molecule has 0 saturated carbocycles. The van der Waals surface area contributed by atoms with Crippen LogP contribution in [0.15, 0.2) is 23.1 Å². The lowest BCUT2D eigenvalue weighted by atomic mass is 10.2. The van der Waals surface area contributed by atoms with Crippen molar-refractivity contribution in [2.24, 2.45) is 0 Å². The second-order valence-corrected chi connectivity index (χ2v) is 7.13. The van der Waals surface area contributed by atoms with Crippen LogP contribution in [-0.2, 0) is 19.6 Å². The third kappa shape index (κ3) is 4.59. The van der Waals surface area contributed by atoms with Gasteiger partial charge in [0.05, 0.1) is 13.7 Å². The summed E-state index contributed by atoms with van der Waals surface area (Å²) in [5.74, 6) is -0.128. The minimum Gasteiger partial charge on any atom is -0.492 e. The summed E-state index contributed by atoms with van der Waals surface area (Å²) in [6.45, 7) is 3.96. The van der Waals surface area contributed by atoms with Crippen molar-refractivity contribution in [2.75, 3.05) is 33.1 Å². The summed E-state index contributed by atoms with van der Waals surface area (Å²) < 4.78 is 36.1. The van der Waals surface area contributed by atoms with Crippen LogP contribution in [0, 0.1) is 0 Å². The van der Waals surface area contributed by atoms with Crippen LogP contribution in [-0.4, -0.2) is 52.5 Å². The Labute approximate surface area is 137 Å². The van der Waals surface area contributed by atoms with Crippen LogP contribution in [0.4, 0.5) is 5.69 Å². The van der Waals surface area contributed by atoms with Crippen LogP contribution in [0.25, 0.3) is 0 Å². The second kappa shape index (κ2) is 8.16. The molecule has 0 aromatic heterocycles. The molecule has 0 bridgehead atoms. The van der Waals surface area contributed by atoms with Crippen LogP contribution in [0.2, 0.25) is 0 Å². The zero-order chi connectivity index (χ0) is 17.6. The smallest absolute Gasteiger partial charge is 0.328 e. The number of nitrogens with one attached hydrogen (secondary N) is 1. The predicted molar refractivity (Wildman–Crippen MR) is 88.2 cm³/mol. The van der Waals surface area contributed by atoms with Crippen LogP contribution >= 0.6 is 0 Å². The van der Waals surface area contributed by atoms with Gasteiger partial charge < -0.3 is 14.8 Å². The molecule has 0 aliphatic carbocycles. The minimum atomic E-state index is -3.67. The first-order valence-electron chi connectivity index (χ1n) is 7.31. The van der Waals surface area contributed by atoms with Gasteiger partial charge in [0.15, 0.2) is 0 Å². The number of sulfonamides is 1. The lowest BCUT2D eigenvalue weighted by Gasteiger charge is -2.19. The lowest BCUT2D eigenvalue weighted by Crippen LogP contribution is -2.30. The van der Waals surface area contributed by atoms with E-state index in [0.29, 0.717) is 18.7 Å². The Balaban J connectivity index is 3.26.